The molecular weight excluding hydrogens is 309 g/mol. The van der Waals surface area contributed by atoms with Gasteiger partial charge in [0.25, 0.3) is 0 Å². The van der Waals surface area contributed by atoms with E-state index < -0.39 is 11.7 Å². The summed E-state index contributed by atoms with van der Waals surface area (Å²) in [5.74, 6) is 6.18. The minimum Gasteiger partial charge on any atom is -0.166 e. The van der Waals surface area contributed by atoms with Crippen LogP contribution in [0.3, 0.4) is 0 Å². The van der Waals surface area contributed by atoms with Crippen molar-refractivity contribution in [1.82, 2.24) is 0 Å². The third-order valence-corrected chi connectivity index (χ3v) is 3.57. The number of benzene rings is 3. The van der Waals surface area contributed by atoms with Crippen LogP contribution in [0, 0.1) is 11.8 Å². The average molecular weight is 322 g/mol. The minimum atomic E-state index is -4.33. The van der Waals surface area contributed by atoms with E-state index in [2.05, 4.69) is 11.8 Å². The molecule has 0 amide bonds. The largest absolute Gasteiger partial charge is 0.416 e. The highest BCUT2D eigenvalue weighted by Gasteiger charge is 2.29. The summed E-state index contributed by atoms with van der Waals surface area (Å²) in [5, 5.41) is 0. The molecule has 0 nitrogen and oxygen atoms in total. The zero-order chi connectivity index (χ0) is 17.0. The lowest BCUT2D eigenvalue weighted by molar-refractivity contribution is -0.137. The summed E-state index contributed by atoms with van der Waals surface area (Å²) in [6.45, 7) is 0. The van der Waals surface area contributed by atoms with E-state index in [9.17, 15) is 13.2 Å². The SMILES string of the molecule is FC(F)(F)c1ccc(-c2ccccc2C#Cc2ccccc2)cc1. The van der Waals surface area contributed by atoms with Gasteiger partial charge >= 0.3 is 6.18 Å². The molecule has 3 aromatic carbocycles. The minimum absolute atomic E-state index is 0.654. The highest BCUT2D eigenvalue weighted by molar-refractivity contribution is 5.71. The van der Waals surface area contributed by atoms with E-state index in [1.54, 1.807) is 0 Å². The quantitative estimate of drug-likeness (QED) is 0.499. The molecule has 24 heavy (non-hydrogen) atoms. The Bertz CT molecular complexity index is 880. The van der Waals surface area contributed by atoms with E-state index in [4.69, 9.17) is 0 Å². The summed E-state index contributed by atoms with van der Waals surface area (Å²) in [5.41, 5.74) is 2.54. The molecule has 0 N–H and O–H groups in total. The molecule has 0 saturated carbocycles. The molecule has 0 aromatic heterocycles. The topological polar surface area (TPSA) is 0 Å². The van der Waals surface area contributed by atoms with Gasteiger partial charge in [-0.2, -0.15) is 13.2 Å². The van der Waals surface area contributed by atoms with Gasteiger partial charge in [-0.3, -0.25) is 0 Å². The first-order valence-corrected chi connectivity index (χ1v) is 7.38. The molecule has 0 unspecified atom stereocenters. The lowest BCUT2D eigenvalue weighted by Gasteiger charge is -2.09. The Balaban J connectivity index is 1.97. The molecule has 118 valence electrons. The van der Waals surface area contributed by atoms with Crippen molar-refractivity contribution in [3.8, 4) is 23.0 Å². The van der Waals surface area contributed by atoms with Crippen LogP contribution in [0.5, 0.6) is 0 Å². The second-order valence-electron chi connectivity index (χ2n) is 5.24. The van der Waals surface area contributed by atoms with Crippen molar-refractivity contribution in [2.75, 3.05) is 0 Å². The average Bonchev–Trinajstić information content (AvgIpc) is 2.60. The summed E-state index contributed by atoms with van der Waals surface area (Å²) >= 11 is 0. The lowest BCUT2D eigenvalue weighted by atomic mass is 9.98. The fourth-order valence-corrected chi connectivity index (χ4v) is 2.34. The number of hydrogen-bond acceptors (Lipinski definition) is 0. The summed E-state index contributed by atoms with van der Waals surface area (Å²) in [4.78, 5) is 0. The Hall–Kier alpha value is -2.99. The van der Waals surface area contributed by atoms with Crippen LogP contribution in [0.2, 0.25) is 0 Å². The van der Waals surface area contributed by atoms with E-state index in [0.29, 0.717) is 5.56 Å². The smallest absolute Gasteiger partial charge is 0.166 e. The van der Waals surface area contributed by atoms with Gasteiger partial charge in [-0.05, 0) is 41.5 Å². The van der Waals surface area contributed by atoms with Crippen molar-refractivity contribution < 1.29 is 13.2 Å². The van der Waals surface area contributed by atoms with Gasteiger partial charge in [0.15, 0.2) is 0 Å². The second-order valence-corrected chi connectivity index (χ2v) is 5.24. The third-order valence-electron chi connectivity index (χ3n) is 3.57. The summed E-state index contributed by atoms with van der Waals surface area (Å²) in [6.07, 6.45) is -4.33. The summed E-state index contributed by atoms with van der Waals surface area (Å²) < 4.78 is 38.1. The molecule has 3 aromatic rings. The molecule has 3 heteroatoms. The van der Waals surface area contributed by atoms with Crippen molar-refractivity contribution in [1.29, 1.82) is 0 Å². The fourth-order valence-electron chi connectivity index (χ4n) is 2.34. The van der Waals surface area contributed by atoms with Gasteiger partial charge in [0, 0.05) is 11.1 Å². The highest BCUT2D eigenvalue weighted by atomic mass is 19.4. The lowest BCUT2D eigenvalue weighted by Crippen LogP contribution is -2.04. The molecule has 0 radical (unpaired) electrons. The Morgan fingerprint density at radius 3 is 1.92 bits per heavy atom. The Morgan fingerprint density at radius 2 is 1.25 bits per heavy atom. The first-order valence-electron chi connectivity index (χ1n) is 7.38. The second kappa shape index (κ2) is 6.64. The van der Waals surface area contributed by atoms with Gasteiger partial charge in [-0.1, -0.05) is 60.4 Å². The molecule has 0 aliphatic carbocycles. The van der Waals surface area contributed by atoms with Crippen LogP contribution in [-0.4, -0.2) is 0 Å². The monoisotopic (exact) mass is 322 g/mol. The molecule has 0 bridgehead atoms. The molecule has 0 heterocycles. The van der Waals surface area contributed by atoms with E-state index in [-0.39, 0.29) is 0 Å². The summed E-state index contributed by atoms with van der Waals surface area (Å²) in [6, 6.07) is 22.1. The van der Waals surface area contributed by atoms with Gasteiger partial charge in [-0.25, -0.2) is 0 Å². The van der Waals surface area contributed by atoms with Crippen LogP contribution in [0.4, 0.5) is 13.2 Å². The number of rotatable bonds is 1. The van der Waals surface area contributed by atoms with Crippen LogP contribution >= 0.6 is 0 Å². The molecule has 0 atom stereocenters. The Kier molecular flexibility index (Phi) is 4.39. The van der Waals surface area contributed by atoms with Crippen molar-refractivity contribution in [3.63, 3.8) is 0 Å². The maximum Gasteiger partial charge on any atom is 0.416 e. The van der Waals surface area contributed by atoms with Crippen LogP contribution in [0.1, 0.15) is 16.7 Å². The van der Waals surface area contributed by atoms with Crippen LogP contribution in [-0.2, 0) is 6.18 Å². The van der Waals surface area contributed by atoms with E-state index in [0.717, 1.165) is 28.8 Å². The van der Waals surface area contributed by atoms with E-state index >= 15 is 0 Å². The predicted octanol–water partition coefficient (Wildman–Crippen LogP) is 5.77. The zero-order valence-corrected chi connectivity index (χ0v) is 12.6. The zero-order valence-electron chi connectivity index (χ0n) is 12.6. The molecule has 0 fully saturated rings. The third kappa shape index (κ3) is 3.67. The first kappa shape index (κ1) is 15.9. The van der Waals surface area contributed by atoms with Crippen LogP contribution in [0.25, 0.3) is 11.1 Å². The van der Waals surface area contributed by atoms with Crippen molar-refractivity contribution in [3.05, 3.63) is 95.6 Å². The van der Waals surface area contributed by atoms with Gasteiger partial charge in [0.1, 0.15) is 0 Å². The van der Waals surface area contributed by atoms with Crippen molar-refractivity contribution in [2.45, 2.75) is 6.18 Å². The van der Waals surface area contributed by atoms with E-state index in [1.807, 2.05) is 54.6 Å². The normalized spacial score (nSPS) is 10.8. The predicted molar refractivity (Wildman–Crippen MR) is 89.3 cm³/mol. The Morgan fingerprint density at radius 1 is 0.625 bits per heavy atom. The van der Waals surface area contributed by atoms with Crippen LogP contribution < -0.4 is 0 Å². The van der Waals surface area contributed by atoms with Gasteiger partial charge in [0.2, 0.25) is 0 Å². The van der Waals surface area contributed by atoms with Gasteiger partial charge in [0.05, 0.1) is 5.56 Å². The maximum absolute atomic E-state index is 12.7. The van der Waals surface area contributed by atoms with Crippen molar-refractivity contribution >= 4 is 0 Å². The Labute approximate surface area is 138 Å². The first-order chi connectivity index (χ1) is 11.5. The van der Waals surface area contributed by atoms with Crippen LogP contribution in [0.15, 0.2) is 78.9 Å². The maximum atomic E-state index is 12.7. The molecule has 0 aliphatic rings. The standard InChI is InChI=1S/C21H13F3/c22-21(23,24)19-14-12-18(13-15-19)20-9-5-4-8-17(20)11-10-16-6-2-1-3-7-16/h1-9,12-15H. The molecule has 0 aliphatic heterocycles. The van der Waals surface area contributed by atoms with Gasteiger partial charge in [-0.15, -0.1) is 0 Å². The molecule has 0 spiro atoms. The molecule has 0 saturated heterocycles. The number of hydrogen-bond donors (Lipinski definition) is 0. The highest BCUT2D eigenvalue weighted by Crippen LogP contribution is 2.31. The van der Waals surface area contributed by atoms with Crippen molar-refractivity contribution in [2.24, 2.45) is 0 Å². The molecular formula is C21H13F3. The molecule has 3 rings (SSSR count). The fraction of sp³-hybridized carbons (Fsp3) is 0.0476. The van der Waals surface area contributed by atoms with E-state index in [1.165, 1.54) is 12.1 Å². The number of halogens is 3. The van der Waals surface area contributed by atoms with Gasteiger partial charge < -0.3 is 0 Å². The summed E-state index contributed by atoms with van der Waals surface area (Å²) in [7, 11) is 0. The number of alkyl halides is 3.